The highest BCUT2D eigenvalue weighted by atomic mass is 16.5. The first-order valence-corrected chi connectivity index (χ1v) is 11.4. The van der Waals surface area contributed by atoms with E-state index >= 15 is 0 Å². The highest BCUT2D eigenvalue weighted by molar-refractivity contribution is 6.22. The molecule has 2 bridgehead atoms. The van der Waals surface area contributed by atoms with Crippen LogP contribution in [0, 0.1) is 37.5 Å². The van der Waals surface area contributed by atoms with Crippen molar-refractivity contribution in [1.82, 2.24) is 0 Å². The van der Waals surface area contributed by atoms with Crippen LogP contribution in [0.3, 0.4) is 0 Å². The third-order valence-electron chi connectivity index (χ3n) is 7.48. The first-order chi connectivity index (χ1) is 15.8. The Balaban J connectivity index is 1.25. The first-order valence-electron chi connectivity index (χ1n) is 11.4. The number of esters is 1. The third-order valence-corrected chi connectivity index (χ3v) is 7.48. The fourth-order valence-electron chi connectivity index (χ4n) is 5.72. The van der Waals surface area contributed by atoms with E-state index in [2.05, 4.69) is 5.32 Å². The SMILES string of the molecule is Cc1cccc(NC(=O)COC(=O)c2cccc(N3C(=O)[C@@H]4[C@H]5CC[C@@H](C5)[C@H]4C3=O)c2)c1C. The summed E-state index contributed by atoms with van der Waals surface area (Å²) in [5, 5.41) is 2.75. The molecule has 1 saturated heterocycles. The average molecular weight is 447 g/mol. The molecule has 3 aliphatic rings. The normalized spacial score (nSPS) is 25.3. The number of aryl methyl sites for hydroxylation is 1. The Labute approximate surface area is 192 Å². The first kappa shape index (κ1) is 21.4. The number of nitrogens with zero attached hydrogens (tertiary/aromatic N) is 1. The fraction of sp³-hybridized carbons (Fsp3) is 0.385. The quantitative estimate of drug-likeness (QED) is 0.559. The zero-order valence-electron chi connectivity index (χ0n) is 18.7. The van der Waals surface area contributed by atoms with Crippen molar-refractivity contribution in [3.8, 4) is 0 Å². The van der Waals surface area contributed by atoms with E-state index < -0.39 is 18.5 Å². The van der Waals surface area contributed by atoms with Crippen LogP contribution in [0.4, 0.5) is 11.4 Å². The number of nitrogens with one attached hydrogen (secondary N) is 1. The van der Waals surface area contributed by atoms with Crippen LogP contribution in [-0.2, 0) is 19.1 Å². The Morgan fingerprint density at radius 2 is 1.67 bits per heavy atom. The van der Waals surface area contributed by atoms with Gasteiger partial charge in [-0.2, -0.15) is 0 Å². The van der Waals surface area contributed by atoms with E-state index in [0.717, 1.165) is 30.4 Å². The largest absolute Gasteiger partial charge is 0.452 e. The van der Waals surface area contributed by atoms with Crippen LogP contribution < -0.4 is 10.2 Å². The summed E-state index contributed by atoms with van der Waals surface area (Å²) in [6.45, 7) is 3.42. The van der Waals surface area contributed by atoms with Crippen molar-refractivity contribution in [2.24, 2.45) is 23.7 Å². The summed E-state index contributed by atoms with van der Waals surface area (Å²) in [4.78, 5) is 52.2. The maximum atomic E-state index is 13.0. The van der Waals surface area contributed by atoms with Gasteiger partial charge in [-0.1, -0.05) is 18.2 Å². The number of ether oxygens (including phenoxy) is 1. The summed E-state index contributed by atoms with van der Waals surface area (Å²) >= 11 is 0. The molecule has 5 rings (SSSR count). The Kier molecular flexibility index (Phi) is 5.27. The van der Waals surface area contributed by atoms with Gasteiger partial charge in [0.1, 0.15) is 0 Å². The number of fused-ring (bicyclic) bond motifs is 5. The van der Waals surface area contributed by atoms with Crippen LogP contribution >= 0.6 is 0 Å². The molecule has 170 valence electrons. The van der Waals surface area contributed by atoms with E-state index in [1.165, 1.54) is 11.0 Å². The summed E-state index contributed by atoms with van der Waals surface area (Å²) in [7, 11) is 0. The van der Waals surface area contributed by atoms with Gasteiger partial charge in [0.2, 0.25) is 11.8 Å². The summed E-state index contributed by atoms with van der Waals surface area (Å²) in [5.41, 5.74) is 3.23. The summed E-state index contributed by atoms with van der Waals surface area (Å²) in [6.07, 6.45) is 2.99. The molecule has 1 N–H and O–H groups in total. The smallest absolute Gasteiger partial charge is 0.338 e. The maximum Gasteiger partial charge on any atom is 0.338 e. The molecule has 7 nitrogen and oxygen atoms in total. The lowest BCUT2D eigenvalue weighted by molar-refractivity contribution is -0.123. The van der Waals surface area contributed by atoms with E-state index in [0.29, 0.717) is 23.2 Å². The lowest BCUT2D eigenvalue weighted by Gasteiger charge is -2.19. The number of hydrogen-bond donors (Lipinski definition) is 1. The van der Waals surface area contributed by atoms with E-state index in [-0.39, 0.29) is 29.2 Å². The number of anilines is 2. The van der Waals surface area contributed by atoms with Crippen LogP contribution in [0.2, 0.25) is 0 Å². The van der Waals surface area contributed by atoms with Gasteiger partial charge >= 0.3 is 5.97 Å². The number of imide groups is 1. The van der Waals surface area contributed by atoms with Crippen LogP contribution in [0.1, 0.15) is 40.7 Å². The third kappa shape index (κ3) is 3.61. The molecule has 3 fully saturated rings. The van der Waals surface area contributed by atoms with Gasteiger partial charge in [-0.3, -0.25) is 19.3 Å². The summed E-state index contributed by atoms with van der Waals surface area (Å²) < 4.78 is 5.18. The van der Waals surface area contributed by atoms with Crippen LogP contribution in [0.15, 0.2) is 42.5 Å². The van der Waals surface area contributed by atoms with Crippen molar-refractivity contribution < 1.29 is 23.9 Å². The molecule has 0 radical (unpaired) electrons. The highest BCUT2D eigenvalue weighted by Gasteiger charge is 2.61. The van der Waals surface area contributed by atoms with E-state index in [1.54, 1.807) is 24.3 Å². The van der Waals surface area contributed by atoms with Gasteiger partial charge in [0.15, 0.2) is 6.61 Å². The molecule has 0 aromatic heterocycles. The highest BCUT2D eigenvalue weighted by Crippen LogP contribution is 2.56. The maximum absolute atomic E-state index is 13.0. The summed E-state index contributed by atoms with van der Waals surface area (Å²) in [5.74, 6) is -1.29. The zero-order chi connectivity index (χ0) is 23.3. The fourth-order valence-corrected chi connectivity index (χ4v) is 5.72. The predicted molar refractivity (Wildman–Crippen MR) is 122 cm³/mol. The molecule has 2 aliphatic carbocycles. The number of rotatable bonds is 5. The molecular weight excluding hydrogens is 420 g/mol. The number of benzene rings is 2. The molecule has 4 atom stereocenters. The Morgan fingerprint density at radius 1 is 1.00 bits per heavy atom. The van der Waals surface area contributed by atoms with Gasteiger partial charge in [0.25, 0.3) is 5.91 Å². The molecule has 2 saturated carbocycles. The van der Waals surface area contributed by atoms with Crippen LogP contribution in [0.25, 0.3) is 0 Å². The van der Waals surface area contributed by atoms with Gasteiger partial charge < -0.3 is 10.1 Å². The molecule has 1 heterocycles. The van der Waals surface area contributed by atoms with Crippen molar-refractivity contribution in [2.45, 2.75) is 33.1 Å². The Morgan fingerprint density at radius 3 is 2.36 bits per heavy atom. The van der Waals surface area contributed by atoms with Gasteiger partial charge in [-0.25, -0.2) is 4.79 Å². The molecule has 2 aromatic carbocycles. The minimum absolute atomic E-state index is 0.157. The van der Waals surface area contributed by atoms with Crippen LogP contribution in [-0.4, -0.2) is 30.3 Å². The van der Waals surface area contributed by atoms with Gasteiger partial charge in [0.05, 0.1) is 23.1 Å². The second-order valence-electron chi connectivity index (χ2n) is 9.32. The lowest BCUT2D eigenvalue weighted by atomic mass is 9.81. The van der Waals surface area contributed by atoms with Gasteiger partial charge in [-0.05, 0) is 80.3 Å². The predicted octanol–water partition coefficient (Wildman–Crippen LogP) is 3.63. The van der Waals surface area contributed by atoms with Crippen molar-refractivity contribution in [2.75, 3.05) is 16.8 Å². The van der Waals surface area contributed by atoms with Gasteiger partial charge in [-0.15, -0.1) is 0 Å². The number of carbonyl (C=O) groups excluding carboxylic acids is 4. The minimum atomic E-state index is -0.688. The van der Waals surface area contributed by atoms with Crippen molar-refractivity contribution >= 4 is 35.1 Å². The number of amides is 3. The second-order valence-corrected chi connectivity index (χ2v) is 9.32. The second kappa shape index (κ2) is 8.14. The van der Waals surface area contributed by atoms with Crippen molar-refractivity contribution in [3.63, 3.8) is 0 Å². The molecule has 2 aromatic rings. The van der Waals surface area contributed by atoms with E-state index in [1.807, 2.05) is 26.0 Å². The van der Waals surface area contributed by atoms with Gasteiger partial charge in [0, 0.05) is 5.69 Å². The van der Waals surface area contributed by atoms with E-state index in [4.69, 9.17) is 4.74 Å². The molecule has 0 spiro atoms. The molecular formula is C26H26N2O5. The zero-order valence-corrected chi connectivity index (χ0v) is 18.7. The Bertz CT molecular complexity index is 1150. The number of hydrogen-bond acceptors (Lipinski definition) is 5. The lowest BCUT2D eigenvalue weighted by Crippen LogP contribution is -2.32. The van der Waals surface area contributed by atoms with Crippen molar-refractivity contribution in [3.05, 3.63) is 59.2 Å². The Hall–Kier alpha value is -3.48. The number of carbonyl (C=O) groups is 4. The van der Waals surface area contributed by atoms with Crippen LogP contribution in [0.5, 0.6) is 0 Å². The van der Waals surface area contributed by atoms with Crippen molar-refractivity contribution in [1.29, 1.82) is 0 Å². The molecule has 1 aliphatic heterocycles. The average Bonchev–Trinajstić information content (AvgIpc) is 3.49. The summed E-state index contributed by atoms with van der Waals surface area (Å²) in [6, 6.07) is 11.9. The monoisotopic (exact) mass is 446 g/mol. The topological polar surface area (TPSA) is 92.8 Å². The minimum Gasteiger partial charge on any atom is -0.452 e. The molecule has 7 heteroatoms. The standard InChI is InChI=1S/C26H26N2O5/c1-14-5-3-8-20(15(14)2)27-21(29)13-33-26(32)18-6-4-7-19(12-18)28-24(30)22-16-9-10-17(11-16)23(22)25(28)31/h3-8,12,16-17,22-23H,9-11,13H2,1-2H3,(H,27,29)/t16-,17-,22+,23+/m0/s1. The molecule has 33 heavy (non-hydrogen) atoms. The molecule has 0 unspecified atom stereocenters. The molecule has 3 amide bonds. The van der Waals surface area contributed by atoms with E-state index in [9.17, 15) is 19.2 Å².